The number of benzene rings is 1. The molecule has 0 saturated carbocycles. The molecule has 4 heteroatoms. The molecule has 2 rings (SSSR count). The van der Waals surface area contributed by atoms with Gasteiger partial charge in [-0.3, -0.25) is 4.90 Å². The van der Waals surface area contributed by atoms with Crippen LogP contribution in [0.15, 0.2) is 12.1 Å². The third-order valence-corrected chi connectivity index (χ3v) is 4.00. The van der Waals surface area contributed by atoms with Crippen molar-refractivity contribution in [2.24, 2.45) is 0 Å². The van der Waals surface area contributed by atoms with Crippen molar-refractivity contribution in [1.29, 1.82) is 0 Å². The number of hydrogen-bond acceptors (Lipinski definition) is 4. The Morgan fingerprint density at radius 1 is 1.26 bits per heavy atom. The van der Waals surface area contributed by atoms with Gasteiger partial charge in [0.05, 0.1) is 0 Å². The van der Waals surface area contributed by atoms with Gasteiger partial charge in [0.15, 0.2) is 11.5 Å². The van der Waals surface area contributed by atoms with Crippen LogP contribution in [0.25, 0.3) is 0 Å². The molecule has 1 aliphatic rings. The van der Waals surface area contributed by atoms with Gasteiger partial charge in [0.1, 0.15) is 0 Å². The van der Waals surface area contributed by atoms with Crippen molar-refractivity contribution in [3.05, 3.63) is 23.3 Å². The summed E-state index contributed by atoms with van der Waals surface area (Å²) in [6, 6.07) is 4.09. The average molecular weight is 265 g/mol. The lowest BCUT2D eigenvalue weighted by molar-refractivity contribution is 0.109. The van der Waals surface area contributed by atoms with Crippen molar-refractivity contribution in [2.45, 2.75) is 39.3 Å². The third kappa shape index (κ3) is 3.01. The van der Waals surface area contributed by atoms with Gasteiger partial charge >= 0.3 is 0 Å². The van der Waals surface area contributed by atoms with Gasteiger partial charge in [0.2, 0.25) is 6.79 Å². The molecular formula is C15H23NO3. The molecular weight excluding hydrogens is 242 g/mol. The minimum absolute atomic E-state index is 0.0302. The molecule has 1 aliphatic heterocycles. The summed E-state index contributed by atoms with van der Waals surface area (Å²) in [5.74, 6) is 1.66. The fraction of sp³-hybridized carbons (Fsp3) is 0.600. The lowest BCUT2D eigenvalue weighted by Crippen LogP contribution is -2.41. The van der Waals surface area contributed by atoms with Crippen molar-refractivity contribution in [3.63, 3.8) is 0 Å². The second-order valence-electron chi connectivity index (χ2n) is 5.77. The molecule has 0 saturated heterocycles. The SMILES string of the molecule is Cc1cc2c(cc1CN(C)C(C)(C)CCO)OCO2. The summed E-state index contributed by atoms with van der Waals surface area (Å²) in [7, 11) is 2.08. The van der Waals surface area contributed by atoms with Crippen molar-refractivity contribution in [2.75, 3.05) is 20.4 Å². The van der Waals surface area contributed by atoms with Crippen molar-refractivity contribution < 1.29 is 14.6 Å². The lowest BCUT2D eigenvalue weighted by Gasteiger charge is -2.35. The standard InChI is InChI=1S/C15H23NO3/c1-11-7-13-14(19-10-18-13)8-12(11)9-16(4)15(2,3)5-6-17/h7-8,17H,5-6,9-10H2,1-4H3. The molecule has 4 nitrogen and oxygen atoms in total. The highest BCUT2D eigenvalue weighted by Gasteiger charge is 2.24. The van der Waals surface area contributed by atoms with E-state index in [4.69, 9.17) is 14.6 Å². The van der Waals surface area contributed by atoms with E-state index in [1.54, 1.807) is 0 Å². The number of rotatable bonds is 5. The number of aliphatic hydroxyl groups excluding tert-OH is 1. The Kier molecular flexibility index (Phi) is 4.02. The molecule has 1 N–H and O–H groups in total. The Hall–Kier alpha value is -1.26. The largest absolute Gasteiger partial charge is 0.454 e. The van der Waals surface area contributed by atoms with Crippen LogP contribution in [0.4, 0.5) is 0 Å². The highest BCUT2D eigenvalue weighted by atomic mass is 16.7. The first kappa shape index (κ1) is 14.2. The molecule has 106 valence electrons. The molecule has 0 amide bonds. The second-order valence-corrected chi connectivity index (χ2v) is 5.77. The van der Waals surface area contributed by atoms with Gasteiger partial charge in [0, 0.05) is 18.7 Å². The normalized spacial score (nSPS) is 14.2. The summed E-state index contributed by atoms with van der Waals surface area (Å²) in [5, 5.41) is 9.14. The van der Waals surface area contributed by atoms with E-state index in [2.05, 4.69) is 38.8 Å². The molecule has 1 aromatic carbocycles. The maximum absolute atomic E-state index is 9.14. The van der Waals surface area contributed by atoms with Crippen LogP contribution in [0, 0.1) is 6.92 Å². The monoisotopic (exact) mass is 265 g/mol. The highest BCUT2D eigenvalue weighted by Crippen LogP contribution is 2.35. The fourth-order valence-corrected chi connectivity index (χ4v) is 2.19. The summed E-state index contributed by atoms with van der Waals surface area (Å²) in [6.07, 6.45) is 0.757. The van der Waals surface area contributed by atoms with E-state index in [0.717, 1.165) is 24.5 Å². The van der Waals surface area contributed by atoms with Gasteiger partial charge in [-0.1, -0.05) is 0 Å². The summed E-state index contributed by atoms with van der Waals surface area (Å²) < 4.78 is 10.8. The third-order valence-electron chi connectivity index (χ3n) is 4.00. The first-order valence-corrected chi connectivity index (χ1v) is 6.65. The number of aliphatic hydroxyl groups is 1. The van der Waals surface area contributed by atoms with Crippen LogP contribution < -0.4 is 9.47 Å². The summed E-state index contributed by atoms with van der Waals surface area (Å²) in [4.78, 5) is 2.26. The van der Waals surface area contributed by atoms with Crippen molar-refractivity contribution in [3.8, 4) is 11.5 Å². The molecule has 1 aromatic rings. The van der Waals surface area contributed by atoms with Crippen LogP contribution in [-0.4, -0.2) is 36.0 Å². The first-order chi connectivity index (χ1) is 8.94. The summed E-state index contributed by atoms with van der Waals surface area (Å²) in [6.45, 7) is 7.72. The van der Waals surface area contributed by atoms with E-state index < -0.39 is 0 Å². The smallest absolute Gasteiger partial charge is 0.231 e. The van der Waals surface area contributed by atoms with Gasteiger partial charge in [-0.05, 0) is 57.5 Å². The number of hydrogen-bond donors (Lipinski definition) is 1. The van der Waals surface area contributed by atoms with E-state index in [-0.39, 0.29) is 12.1 Å². The van der Waals surface area contributed by atoms with Crippen LogP contribution >= 0.6 is 0 Å². The van der Waals surface area contributed by atoms with Gasteiger partial charge in [-0.25, -0.2) is 0 Å². The van der Waals surface area contributed by atoms with E-state index in [9.17, 15) is 0 Å². The van der Waals surface area contributed by atoms with Crippen LogP contribution in [0.5, 0.6) is 11.5 Å². The zero-order valence-corrected chi connectivity index (χ0v) is 12.2. The van der Waals surface area contributed by atoms with E-state index in [0.29, 0.717) is 6.79 Å². The zero-order valence-electron chi connectivity index (χ0n) is 12.2. The maximum Gasteiger partial charge on any atom is 0.231 e. The van der Waals surface area contributed by atoms with E-state index >= 15 is 0 Å². The lowest BCUT2D eigenvalue weighted by atomic mass is 9.97. The topological polar surface area (TPSA) is 41.9 Å². The predicted molar refractivity (Wildman–Crippen MR) is 74.6 cm³/mol. The number of nitrogens with zero attached hydrogens (tertiary/aromatic N) is 1. The van der Waals surface area contributed by atoms with Gasteiger partial charge in [-0.2, -0.15) is 0 Å². The zero-order chi connectivity index (χ0) is 14.0. The predicted octanol–water partition coefficient (Wildman–Crippen LogP) is 2.32. The molecule has 0 spiro atoms. The van der Waals surface area contributed by atoms with Crippen molar-refractivity contribution >= 4 is 0 Å². The average Bonchev–Trinajstić information content (AvgIpc) is 2.76. The second kappa shape index (κ2) is 5.39. The molecule has 0 unspecified atom stereocenters. The molecule has 0 fully saturated rings. The number of ether oxygens (including phenoxy) is 2. The van der Waals surface area contributed by atoms with Gasteiger partial charge in [0.25, 0.3) is 0 Å². The molecule has 1 heterocycles. The number of fused-ring (bicyclic) bond motifs is 1. The van der Waals surface area contributed by atoms with Crippen LogP contribution in [0.3, 0.4) is 0 Å². The Morgan fingerprint density at radius 2 is 1.89 bits per heavy atom. The van der Waals surface area contributed by atoms with Gasteiger partial charge < -0.3 is 14.6 Å². The molecule has 0 aromatic heterocycles. The summed E-state index contributed by atoms with van der Waals surface area (Å²) >= 11 is 0. The highest BCUT2D eigenvalue weighted by molar-refractivity contribution is 5.48. The van der Waals surface area contributed by atoms with E-state index in [1.165, 1.54) is 11.1 Å². The van der Waals surface area contributed by atoms with Crippen LogP contribution in [0.1, 0.15) is 31.4 Å². The van der Waals surface area contributed by atoms with E-state index in [1.807, 2.05) is 6.07 Å². The first-order valence-electron chi connectivity index (χ1n) is 6.65. The Labute approximate surface area is 114 Å². The summed E-state index contributed by atoms with van der Waals surface area (Å²) in [5.41, 5.74) is 2.41. The Bertz CT molecular complexity index is 457. The number of aryl methyl sites for hydroxylation is 1. The molecule has 0 aliphatic carbocycles. The van der Waals surface area contributed by atoms with Crippen LogP contribution in [-0.2, 0) is 6.54 Å². The molecule has 0 atom stereocenters. The quantitative estimate of drug-likeness (QED) is 0.887. The van der Waals surface area contributed by atoms with Gasteiger partial charge in [-0.15, -0.1) is 0 Å². The Balaban J connectivity index is 2.15. The minimum Gasteiger partial charge on any atom is -0.454 e. The Morgan fingerprint density at radius 3 is 2.53 bits per heavy atom. The van der Waals surface area contributed by atoms with Crippen molar-refractivity contribution in [1.82, 2.24) is 4.90 Å². The molecule has 0 radical (unpaired) electrons. The fourth-order valence-electron chi connectivity index (χ4n) is 2.19. The van der Waals surface area contributed by atoms with Crippen LogP contribution in [0.2, 0.25) is 0 Å². The maximum atomic E-state index is 9.14. The minimum atomic E-state index is -0.0302. The molecule has 0 bridgehead atoms. The molecule has 19 heavy (non-hydrogen) atoms.